The molecule has 11 heteroatoms. The minimum absolute atomic E-state index is 0.00411. The Morgan fingerprint density at radius 1 is 0.590 bits per heavy atom. The van der Waals surface area contributed by atoms with Gasteiger partial charge in [-0.05, 0) is 38.5 Å². The van der Waals surface area contributed by atoms with E-state index < -0.39 is 38.6 Å². The van der Waals surface area contributed by atoms with Gasteiger partial charge in [0.05, 0.1) is 33.9 Å². The van der Waals surface area contributed by atoms with Crippen LogP contribution in [-0.2, 0) is 32.7 Å². The Morgan fingerprint density at radius 2 is 1.08 bits per heavy atom. The zero-order chi connectivity index (χ0) is 45.1. The number of likely N-dealkylation sites (N-methyl/N-ethyl adjacent to an activating group) is 1. The van der Waals surface area contributed by atoms with Crippen molar-refractivity contribution < 1.29 is 47.2 Å². The first-order valence-electron chi connectivity index (χ1n) is 24.8. The van der Waals surface area contributed by atoms with Crippen molar-refractivity contribution in [3.8, 4) is 0 Å². The van der Waals surface area contributed by atoms with Gasteiger partial charge in [-0.25, -0.2) is 4.57 Å². The highest BCUT2D eigenvalue weighted by Gasteiger charge is 2.27. The lowest BCUT2D eigenvalue weighted by molar-refractivity contribution is -0.870. The highest BCUT2D eigenvalue weighted by Crippen LogP contribution is 2.43. The number of phosphoric acid groups is 1. The molecule has 358 valence electrons. The van der Waals surface area contributed by atoms with E-state index in [1.807, 2.05) is 39.4 Å². The van der Waals surface area contributed by atoms with Gasteiger partial charge < -0.3 is 24.0 Å². The lowest BCUT2D eigenvalue weighted by atomic mass is 10.0. The maximum absolute atomic E-state index is 12.7. The molecule has 61 heavy (non-hydrogen) atoms. The molecule has 0 heterocycles. The summed E-state index contributed by atoms with van der Waals surface area (Å²) in [6, 6.07) is 0. The van der Waals surface area contributed by atoms with Gasteiger partial charge in [-0.2, -0.15) is 0 Å². The van der Waals surface area contributed by atoms with Crippen LogP contribution in [0.1, 0.15) is 213 Å². The van der Waals surface area contributed by atoms with Gasteiger partial charge in [0.25, 0.3) is 0 Å². The lowest BCUT2D eigenvalue weighted by Gasteiger charge is -2.24. The van der Waals surface area contributed by atoms with E-state index in [4.69, 9.17) is 18.5 Å². The first-order valence-corrected chi connectivity index (χ1v) is 26.3. The van der Waals surface area contributed by atoms with Crippen LogP contribution in [0.4, 0.5) is 0 Å². The molecule has 0 saturated heterocycles. The second kappa shape index (κ2) is 42.2. The third kappa shape index (κ3) is 46.0. The minimum atomic E-state index is -4.42. The lowest BCUT2D eigenvalue weighted by Crippen LogP contribution is -2.37. The molecule has 0 aliphatic rings. The third-order valence-electron chi connectivity index (χ3n) is 10.8. The first kappa shape index (κ1) is 59.2. The molecular formula is C50H95NO9P+. The molecule has 0 amide bonds. The number of carbonyl (C=O) groups excluding carboxylic acids is 2. The van der Waals surface area contributed by atoms with Crippen LogP contribution in [0.25, 0.3) is 0 Å². The van der Waals surface area contributed by atoms with Crippen LogP contribution in [0.2, 0.25) is 0 Å². The van der Waals surface area contributed by atoms with Gasteiger partial charge in [0.1, 0.15) is 19.8 Å². The molecule has 3 atom stereocenters. The average Bonchev–Trinajstić information content (AvgIpc) is 3.21. The predicted molar refractivity (Wildman–Crippen MR) is 253 cm³/mol. The fourth-order valence-electron chi connectivity index (χ4n) is 6.85. The Balaban J connectivity index is 4.42. The molecule has 2 unspecified atom stereocenters. The number of quaternary nitrogens is 1. The largest absolute Gasteiger partial charge is 0.472 e. The average molecular weight is 885 g/mol. The highest BCUT2D eigenvalue weighted by molar-refractivity contribution is 7.47. The summed E-state index contributed by atoms with van der Waals surface area (Å²) in [5.74, 6) is -0.987. The standard InChI is InChI=1S/C50H94NO9P/c1-6-8-10-12-14-16-18-20-21-22-23-24-25-27-29-31-33-35-37-41-50(54)60-48(46-59-61(55,56)58-44-43-51(3,4)5)45-57-49(53)42-38-40-47(52)39-36-34-32-30-28-26-19-17-15-13-11-9-7-2/h26,28,32,34,36,39,47-48,52H,6-25,27,29-31,33,35,37-38,40-46H2,1-5H3/p+1/b28-26+,34-32+,39-36+/t47?,48-/m1/s1. The van der Waals surface area contributed by atoms with Crippen molar-refractivity contribution in [1.82, 2.24) is 0 Å². The van der Waals surface area contributed by atoms with E-state index in [9.17, 15) is 24.2 Å². The van der Waals surface area contributed by atoms with Crippen LogP contribution in [0, 0.1) is 0 Å². The van der Waals surface area contributed by atoms with Crippen LogP contribution in [0.15, 0.2) is 36.5 Å². The molecular weight excluding hydrogens is 790 g/mol. The Kier molecular flexibility index (Phi) is 40.9. The molecule has 0 rings (SSSR count). The number of carbonyl (C=O) groups is 2. The maximum atomic E-state index is 12.7. The third-order valence-corrected chi connectivity index (χ3v) is 11.8. The quantitative estimate of drug-likeness (QED) is 0.0153. The van der Waals surface area contributed by atoms with Gasteiger partial charge in [-0.3, -0.25) is 18.6 Å². The molecule has 0 radical (unpaired) electrons. The van der Waals surface area contributed by atoms with Gasteiger partial charge in [-0.1, -0.05) is 198 Å². The fraction of sp³-hybridized carbons (Fsp3) is 0.840. The Morgan fingerprint density at radius 3 is 1.61 bits per heavy atom. The molecule has 0 aliphatic carbocycles. The van der Waals surface area contributed by atoms with E-state index in [-0.39, 0.29) is 26.1 Å². The van der Waals surface area contributed by atoms with E-state index >= 15 is 0 Å². The van der Waals surface area contributed by atoms with Gasteiger partial charge in [0, 0.05) is 12.8 Å². The van der Waals surface area contributed by atoms with Crippen molar-refractivity contribution in [2.45, 2.75) is 225 Å². The summed E-state index contributed by atoms with van der Waals surface area (Å²) in [7, 11) is 1.39. The number of esters is 2. The topological polar surface area (TPSA) is 129 Å². The van der Waals surface area contributed by atoms with Gasteiger partial charge >= 0.3 is 19.8 Å². The number of hydrogen-bond acceptors (Lipinski definition) is 8. The van der Waals surface area contributed by atoms with E-state index in [2.05, 4.69) is 26.0 Å². The Bertz CT molecular complexity index is 1150. The van der Waals surface area contributed by atoms with E-state index in [1.165, 1.54) is 135 Å². The van der Waals surface area contributed by atoms with Crippen molar-refractivity contribution in [3.05, 3.63) is 36.5 Å². The summed E-state index contributed by atoms with van der Waals surface area (Å²) in [5, 5.41) is 10.3. The number of allylic oxidation sites excluding steroid dienone is 5. The van der Waals surface area contributed by atoms with Crippen molar-refractivity contribution in [1.29, 1.82) is 0 Å². The molecule has 0 saturated carbocycles. The number of aliphatic hydroxyl groups excluding tert-OH is 1. The highest BCUT2D eigenvalue weighted by atomic mass is 31.2. The first-order chi connectivity index (χ1) is 29.4. The molecule has 10 nitrogen and oxygen atoms in total. The summed E-state index contributed by atoms with van der Waals surface area (Å²) in [4.78, 5) is 35.5. The molecule has 0 spiro atoms. The number of rotatable bonds is 45. The monoisotopic (exact) mass is 885 g/mol. The Hall–Kier alpha value is -1.81. The van der Waals surface area contributed by atoms with E-state index in [1.54, 1.807) is 6.08 Å². The number of nitrogens with zero attached hydrogens (tertiary/aromatic N) is 1. The molecule has 2 N–H and O–H groups in total. The van der Waals surface area contributed by atoms with Crippen LogP contribution >= 0.6 is 7.82 Å². The van der Waals surface area contributed by atoms with Crippen molar-refractivity contribution in [2.75, 3.05) is 47.5 Å². The summed E-state index contributed by atoms with van der Waals surface area (Å²) >= 11 is 0. The van der Waals surface area contributed by atoms with Crippen LogP contribution in [0.5, 0.6) is 0 Å². The van der Waals surface area contributed by atoms with Gasteiger partial charge in [-0.15, -0.1) is 0 Å². The number of aliphatic hydroxyl groups is 1. The number of ether oxygens (including phenoxy) is 2. The number of unbranched alkanes of at least 4 members (excludes halogenated alkanes) is 24. The number of hydrogen-bond donors (Lipinski definition) is 2. The smallest absolute Gasteiger partial charge is 0.462 e. The summed E-state index contributed by atoms with van der Waals surface area (Å²) < 4.78 is 34.3. The van der Waals surface area contributed by atoms with Crippen LogP contribution in [0.3, 0.4) is 0 Å². The molecule has 0 aromatic rings. The van der Waals surface area contributed by atoms with Gasteiger partial charge in [0.15, 0.2) is 6.10 Å². The molecule has 0 aromatic carbocycles. The van der Waals surface area contributed by atoms with E-state index in [0.29, 0.717) is 30.3 Å². The predicted octanol–water partition coefficient (Wildman–Crippen LogP) is 13.4. The summed E-state index contributed by atoms with van der Waals surface area (Å²) in [6.45, 7) is 4.23. The normalized spacial score (nSPS) is 14.3. The SMILES string of the molecule is CCCCCCCC/C=C/C/C=C/C=C/C(O)CCCC(=O)OC[C@H](COP(=O)(O)OCC[N+](C)(C)C)OC(=O)CCCCCCCCCCCCCCCCCCCCC. The molecule has 0 aromatic heterocycles. The van der Waals surface area contributed by atoms with Crippen LogP contribution in [-0.4, -0.2) is 86.1 Å². The molecule has 0 bridgehead atoms. The van der Waals surface area contributed by atoms with E-state index in [0.717, 1.165) is 32.1 Å². The second-order valence-corrected chi connectivity index (χ2v) is 19.5. The zero-order valence-corrected chi connectivity index (χ0v) is 40.9. The summed E-state index contributed by atoms with van der Waals surface area (Å²) in [5.41, 5.74) is 0. The van der Waals surface area contributed by atoms with Gasteiger partial charge in [0.2, 0.25) is 0 Å². The van der Waals surface area contributed by atoms with Crippen molar-refractivity contribution in [2.24, 2.45) is 0 Å². The zero-order valence-electron chi connectivity index (χ0n) is 40.0. The minimum Gasteiger partial charge on any atom is -0.462 e. The molecule has 0 fully saturated rings. The Labute approximate surface area is 374 Å². The van der Waals surface area contributed by atoms with Crippen molar-refractivity contribution >= 4 is 19.8 Å². The second-order valence-electron chi connectivity index (χ2n) is 18.1. The van der Waals surface area contributed by atoms with Crippen LogP contribution < -0.4 is 0 Å². The maximum Gasteiger partial charge on any atom is 0.472 e. The fourth-order valence-corrected chi connectivity index (χ4v) is 7.59. The summed E-state index contributed by atoms with van der Waals surface area (Å²) in [6.07, 6.45) is 45.1. The van der Waals surface area contributed by atoms with Crippen molar-refractivity contribution in [3.63, 3.8) is 0 Å². The number of phosphoric ester groups is 1. The molecule has 0 aliphatic heterocycles.